The molecule has 0 aliphatic carbocycles. The fourth-order valence-corrected chi connectivity index (χ4v) is 5.40. The molecule has 3 aromatic rings. The van der Waals surface area contributed by atoms with Gasteiger partial charge in [0.2, 0.25) is 0 Å². The number of likely N-dealkylation sites (tertiary alicyclic amines) is 1. The number of amides is 3. The van der Waals surface area contributed by atoms with Crippen molar-refractivity contribution in [1.29, 1.82) is 0 Å². The van der Waals surface area contributed by atoms with Gasteiger partial charge in [-0.1, -0.05) is 61.5 Å². The molecule has 0 radical (unpaired) electrons. The summed E-state index contributed by atoms with van der Waals surface area (Å²) < 4.78 is 5.50. The maximum absolute atomic E-state index is 13.9. The molecule has 0 unspecified atom stereocenters. The van der Waals surface area contributed by atoms with Crippen LogP contribution in [0.15, 0.2) is 83.4 Å². The smallest absolute Gasteiger partial charge is 0.413 e. The van der Waals surface area contributed by atoms with Crippen LogP contribution >= 0.6 is 0 Å². The van der Waals surface area contributed by atoms with Crippen LogP contribution in [0, 0.1) is 0 Å². The Labute approximate surface area is 270 Å². The molecule has 2 heterocycles. The van der Waals surface area contributed by atoms with Crippen LogP contribution in [0.5, 0.6) is 0 Å². The van der Waals surface area contributed by atoms with Gasteiger partial charge in [-0.15, -0.1) is 0 Å². The van der Waals surface area contributed by atoms with Crippen LogP contribution in [0.2, 0.25) is 0 Å². The molecule has 0 bridgehead atoms. The van der Waals surface area contributed by atoms with E-state index >= 15 is 0 Å². The zero-order valence-electron chi connectivity index (χ0n) is 27.0. The lowest BCUT2D eigenvalue weighted by molar-refractivity contribution is -0.187. The molecule has 0 aromatic heterocycles. The van der Waals surface area contributed by atoms with Gasteiger partial charge in [0.05, 0.1) is 5.69 Å². The second-order valence-electron chi connectivity index (χ2n) is 12.5. The molecule has 0 spiro atoms. The summed E-state index contributed by atoms with van der Waals surface area (Å²) in [5, 5.41) is 4.15. The number of benzene rings is 3. The number of hydroxylamine groups is 2. The summed E-state index contributed by atoms with van der Waals surface area (Å²) >= 11 is 0. The van der Waals surface area contributed by atoms with Gasteiger partial charge >= 0.3 is 6.09 Å². The molecular formula is C37H42N4O5. The summed E-state index contributed by atoms with van der Waals surface area (Å²) in [7, 11) is 0. The maximum atomic E-state index is 13.9. The minimum absolute atomic E-state index is 0.0561. The van der Waals surface area contributed by atoms with E-state index < -0.39 is 11.7 Å². The molecule has 0 saturated carbocycles. The Morgan fingerprint density at radius 1 is 0.935 bits per heavy atom. The number of ether oxygens (including phenoxy) is 1. The number of alkyl carbamates (subject to hydrolysis) is 1. The Hall–Kier alpha value is -4.76. The van der Waals surface area contributed by atoms with Crippen molar-refractivity contribution in [3.63, 3.8) is 0 Å². The Kier molecular flexibility index (Phi) is 10.3. The van der Waals surface area contributed by atoms with Crippen LogP contribution in [0.3, 0.4) is 0 Å². The Morgan fingerprint density at radius 2 is 1.63 bits per heavy atom. The number of carbonyl (C=O) groups excluding carboxylic acids is 3. The van der Waals surface area contributed by atoms with Crippen LogP contribution in [-0.2, 0) is 21.0 Å². The van der Waals surface area contributed by atoms with Crippen molar-refractivity contribution in [2.24, 2.45) is 4.99 Å². The second kappa shape index (κ2) is 14.6. The standard InChI is InChI=1S/C37H42N4O5/c1-5-19-41(45-25-26-11-7-6-8-12-26)35(43)31-22-30-18-17-29(23-32(30)38-33(24-31)39-36(44)46-37(2,3)4)27-13-15-28(16-14-27)34(42)40-20-9-10-21-40/h6-8,11-18,22-23H,5,9-10,19-21,24-25H2,1-4H3,(H,38,39,44). The van der Waals surface area contributed by atoms with E-state index in [1.807, 2.05) is 84.6 Å². The third-order valence-electron chi connectivity index (χ3n) is 7.63. The van der Waals surface area contributed by atoms with Gasteiger partial charge < -0.3 is 9.64 Å². The van der Waals surface area contributed by atoms with E-state index in [-0.39, 0.29) is 30.7 Å². The number of carbonyl (C=O) groups is 3. The van der Waals surface area contributed by atoms with Crippen molar-refractivity contribution in [3.8, 4) is 11.1 Å². The zero-order valence-corrected chi connectivity index (χ0v) is 27.0. The van der Waals surface area contributed by atoms with Crippen molar-refractivity contribution in [1.82, 2.24) is 15.3 Å². The highest BCUT2D eigenvalue weighted by Gasteiger charge is 2.26. The second-order valence-corrected chi connectivity index (χ2v) is 12.5. The largest absolute Gasteiger partial charge is 0.444 e. The van der Waals surface area contributed by atoms with E-state index in [1.165, 1.54) is 5.06 Å². The number of aliphatic imine (C=N–C) groups is 1. The van der Waals surface area contributed by atoms with Gasteiger partial charge in [0.1, 0.15) is 18.0 Å². The highest BCUT2D eigenvalue weighted by Crippen LogP contribution is 2.33. The fourth-order valence-electron chi connectivity index (χ4n) is 5.40. The van der Waals surface area contributed by atoms with Gasteiger partial charge in [-0.05, 0) is 81.0 Å². The topological polar surface area (TPSA) is 101 Å². The van der Waals surface area contributed by atoms with Crippen LogP contribution in [0.4, 0.5) is 10.5 Å². The van der Waals surface area contributed by atoms with Gasteiger partial charge in [-0.3, -0.25) is 19.7 Å². The molecule has 9 nitrogen and oxygen atoms in total. The first-order valence-electron chi connectivity index (χ1n) is 15.9. The van der Waals surface area contributed by atoms with Gasteiger partial charge in [-0.2, -0.15) is 0 Å². The Morgan fingerprint density at radius 3 is 2.30 bits per heavy atom. The van der Waals surface area contributed by atoms with Crippen molar-refractivity contribution in [2.75, 3.05) is 19.6 Å². The molecule has 1 N–H and O–H groups in total. The van der Waals surface area contributed by atoms with Crippen LogP contribution < -0.4 is 5.32 Å². The summed E-state index contributed by atoms with van der Waals surface area (Å²) in [6.45, 7) is 9.59. The number of nitrogens with zero attached hydrogens (tertiary/aromatic N) is 3. The van der Waals surface area contributed by atoms with Gasteiger partial charge in [0.25, 0.3) is 11.8 Å². The van der Waals surface area contributed by atoms with Crippen molar-refractivity contribution < 1.29 is 24.0 Å². The first kappa shape index (κ1) is 32.6. The SMILES string of the molecule is CCCN(OCc1ccccc1)C(=O)C1=Cc2ccc(-c3ccc(C(=O)N4CCCC4)cc3)cc2N=C(NC(=O)OC(C)(C)C)C1. The zero-order chi connectivity index (χ0) is 32.7. The predicted octanol–water partition coefficient (Wildman–Crippen LogP) is 7.30. The number of rotatable bonds is 8. The number of fused-ring (bicyclic) bond motifs is 1. The first-order chi connectivity index (χ1) is 22.1. The molecule has 46 heavy (non-hydrogen) atoms. The monoisotopic (exact) mass is 622 g/mol. The van der Waals surface area contributed by atoms with Crippen LogP contribution in [0.25, 0.3) is 17.2 Å². The average molecular weight is 623 g/mol. The van der Waals surface area contributed by atoms with E-state index in [1.54, 1.807) is 26.8 Å². The Balaban J connectivity index is 1.44. The van der Waals surface area contributed by atoms with Gasteiger partial charge in [0, 0.05) is 42.8 Å². The van der Waals surface area contributed by atoms with E-state index in [9.17, 15) is 14.4 Å². The normalized spacial score (nSPS) is 14.5. The lowest BCUT2D eigenvalue weighted by atomic mass is 10.00. The minimum atomic E-state index is -0.708. The summed E-state index contributed by atoms with van der Waals surface area (Å²) in [5.41, 5.74) is 4.47. The molecule has 9 heteroatoms. The van der Waals surface area contributed by atoms with Crippen molar-refractivity contribution in [2.45, 2.75) is 65.6 Å². The lowest BCUT2D eigenvalue weighted by Gasteiger charge is -2.23. The highest BCUT2D eigenvalue weighted by molar-refractivity contribution is 6.08. The van der Waals surface area contributed by atoms with E-state index in [0.717, 1.165) is 48.2 Å². The third-order valence-corrected chi connectivity index (χ3v) is 7.63. The fraction of sp³-hybridized carbons (Fsp3) is 0.351. The van der Waals surface area contributed by atoms with E-state index in [2.05, 4.69) is 5.32 Å². The number of nitrogens with one attached hydrogen (secondary N) is 1. The predicted molar refractivity (Wildman–Crippen MR) is 179 cm³/mol. The summed E-state index contributed by atoms with van der Waals surface area (Å²) in [6, 6.07) is 23.1. The molecular weight excluding hydrogens is 580 g/mol. The number of hydrogen-bond acceptors (Lipinski definition) is 6. The molecule has 1 saturated heterocycles. The summed E-state index contributed by atoms with van der Waals surface area (Å²) in [4.78, 5) is 52.2. The van der Waals surface area contributed by atoms with Gasteiger partial charge in [0.15, 0.2) is 0 Å². The summed E-state index contributed by atoms with van der Waals surface area (Å²) in [5.74, 6) is 0.0445. The molecule has 5 rings (SSSR count). The Bertz CT molecular complexity index is 1620. The quantitative estimate of drug-likeness (QED) is 0.266. The van der Waals surface area contributed by atoms with Crippen molar-refractivity contribution in [3.05, 3.63) is 95.1 Å². The van der Waals surface area contributed by atoms with Crippen LogP contribution in [0.1, 0.15) is 74.9 Å². The molecule has 2 aliphatic heterocycles. The average Bonchev–Trinajstić information content (AvgIpc) is 3.51. The lowest BCUT2D eigenvalue weighted by Crippen LogP contribution is -2.38. The van der Waals surface area contributed by atoms with Crippen molar-refractivity contribution >= 4 is 35.5 Å². The van der Waals surface area contributed by atoms with Crippen LogP contribution in [-0.4, -0.2) is 58.9 Å². The third kappa shape index (κ3) is 8.48. The molecule has 1 fully saturated rings. The molecule has 240 valence electrons. The van der Waals surface area contributed by atoms with E-state index in [4.69, 9.17) is 14.6 Å². The number of amidine groups is 1. The molecule has 0 atom stereocenters. The highest BCUT2D eigenvalue weighted by atomic mass is 16.7. The summed E-state index contributed by atoms with van der Waals surface area (Å²) in [6.07, 6.45) is 4.02. The molecule has 3 amide bonds. The molecule has 3 aromatic carbocycles. The maximum Gasteiger partial charge on any atom is 0.413 e. The number of hydrogen-bond donors (Lipinski definition) is 1. The first-order valence-corrected chi connectivity index (χ1v) is 15.9. The van der Waals surface area contributed by atoms with E-state index in [0.29, 0.717) is 29.8 Å². The minimum Gasteiger partial charge on any atom is -0.444 e. The van der Waals surface area contributed by atoms with Gasteiger partial charge in [-0.25, -0.2) is 14.9 Å². The molecule has 2 aliphatic rings.